The molecule has 0 saturated carbocycles. The zero-order valence-electron chi connectivity index (χ0n) is 19.8. The molecule has 0 heterocycles. The summed E-state index contributed by atoms with van der Waals surface area (Å²) >= 11 is 0. The van der Waals surface area contributed by atoms with Crippen LogP contribution in [0.2, 0.25) is 0 Å². The average Bonchev–Trinajstić information content (AvgIpc) is 3.20. The van der Waals surface area contributed by atoms with Gasteiger partial charge in [0.25, 0.3) is 0 Å². The SMILES string of the molecule is CC1=Cc2c(C(C)C)cccc2C1CCCCC1C(C)=Cc2c(C(C)C)cccc21. The second-order valence-corrected chi connectivity index (χ2v) is 10.2. The third-order valence-corrected chi connectivity index (χ3v) is 7.42. The van der Waals surface area contributed by atoms with E-state index < -0.39 is 0 Å². The van der Waals surface area contributed by atoms with Crippen molar-refractivity contribution in [2.45, 2.75) is 90.9 Å². The zero-order chi connectivity index (χ0) is 21.4. The molecule has 0 saturated heterocycles. The summed E-state index contributed by atoms with van der Waals surface area (Å²) in [4.78, 5) is 0. The van der Waals surface area contributed by atoms with E-state index in [4.69, 9.17) is 0 Å². The van der Waals surface area contributed by atoms with Gasteiger partial charge in [-0.15, -0.1) is 0 Å². The largest absolute Gasteiger partial charge is 0.0652 e. The van der Waals surface area contributed by atoms with Gasteiger partial charge in [0.05, 0.1) is 0 Å². The molecule has 4 rings (SSSR count). The quantitative estimate of drug-likeness (QED) is 0.408. The fraction of sp³-hybridized carbons (Fsp3) is 0.467. The number of unbranched alkanes of at least 4 members (excludes halogenated alkanes) is 1. The molecule has 0 fully saturated rings. The summed E-state index contributed by atoms with van der Waals surface area (Å²) in [6.45, 7) is 13.9. The van der Waals surface area contributed by atoms with Gasteiger partial charge in [0, 0.05) is 11.8 Å². The lowest BCUT2D eigenvalue weighted by Gasteiger charge is -2.19. The van der Waals surface area contributed by atoms with E-state index in [9.17, 15) is 0 Å². The first-order valence-corrected chi connectivity index (χ1v) is 12.0. The summed E-state index contributed by atoms with van der Waals surface area (Å²) in [5.74, 6) is 2.43. The molecule has 2 aromatic rings. The molecular formula is C30H38. The van der Waals surface area contributed by atoms with Crippen molar-refractivity contribution < 1.29 is 0 Å². The number of benzene rings is 2. The maximum absolute atomic E-state index is 2.46. The van der Waals surface area contributed by atoms with E-state index in [-0.39, 0.29) is 0 Å². The van der Waals surface area contributed by atoms with Crippen LogP contribution in [0, 0.1) is 0 Å². The Labute approximate surface area is 184 Å². The molecule has 0 aromatic heterocycles. The Morgan fingerprint density at radius 1 is 0.633 bits per heavy atom. The summed E-state index contributed by atoms with van der Waals surface area (Å²) in [7, 11) is 0. The lowest BCUT2D eigenvalue weighted by atomic mass is 9.86. The zero-order valence-corrected chi connectivity index (χ0v) is 19.8. The van der Waals surface area contributed by atoms with Crippen LogP contribution in [0.4, 0.5) is 0 Å². The predicted molar refractivity (Wildman–Crippen MR) is 132 cm³/mol. The van der Waals surface area contributed by atoms with Gasteiger partial charge in [-0.3, -0.25) is 0 Å². The molecule has 2 aliphatic carbocycles. The summed E-state index contributed by atoms with van der Waals surface area (Å²) in [6.07, 6.45) is 10.1. The van der Waals surface area contributed by atoms with Crippen LogP contribution >= 0.6 is 0 Å². The van der Waals surface area contributed by atoms with Gasteiger partial charge in [0.2, 0.25) is 0 Å². The fourth-order valence-corrected chi connectivity index (χ4v) is 5.76. The van der Waals surface area contributed by atoms with E-state index in [0.29, 0.717) is 23.7 Å². The van der Waals surface area contributed by atoms with Crippen LogP contribution in [0.25, 0.3) is 12.2 Å². The fourth-order valence-electron chi connectivity index (χ4n) is 5.76. The Kier molecular flexibility index (Phi) is 6.05. The lowest BCUT2D eigenvalue weighted by Crippen LogP contribution is -2.02. The maximum atomic E-state index is 2.46. The second kappa shape index (κ2) is 8.58. The van der Waals surface area contributed by atoms with Crippen LogP contribution in [0.3, 0.4) is 0 Å². The van der Waals surface area contributed by atoms with Crippen molar-refractivity contribution in [2.24, 2.45) is 0 Å². The minimum absolute atomic E-state index is 0.593. The van der Waals surface area contributed by atoms with Crippen LogP contribution in [-0.2, 0) is 0 Å². The average molecular weight is 399 g/mol. The number of hydrogen-bond acceptors (Lipinski definition) is 0. The highest BCUT2D eigenvalue weighted by Crippen LogP contribution is 2.44. The van der Waals surface area contributed by atoms with Crippen molar-refractivity contribution >= 4 is 12.2 Å². The van der Waals surface area contributed by atoms with Gasteiger partial charge in [-0.05, 0) is 71.9 Å². The normalized spacial score (nSPS) is 19.9. The van der Waals surface area contributed by atoms with Crippen LogP contribution in [-0.4, -0.2) is 0 Å². The smallest absolute Gasteiger partial charge is 0.00547 e. The molecule has 2 aliphatic rings. The number of rotatable bonds is 7. The first-order valence-electron chi connectivity index (χ1n) is 12.0. The van der Waals surface area contributed by atoms with Crippen molar-refractivity contribution in [1.82, 2.24) is 0 Å². The molecule has 0 N–H and O–H groups in total. The van der Waals surface area contributed by atoms with E-state index in [0.717, 1.165) is 0 Å². The molecule has 0 aliphatic heterocycles. The van der Waals surface area contributed by atoms with E-state index in [1.807, 2.05) is 0 Å². The van der Waals surface area contributed by atoms with Crippen LogP contribution in [0.1, 0.15) is 124 Å². The second-order valence-electron chi connectivity index (χ2n) is 10.2. The molecule has 2 atom stereocenters. The topological polar surface area (TPSA) is 0 Å². The Hall–Kier alpha value is -2.08. The highest BCUT2D eigenvalue weighted by molar-refractivity contribution is 5.70. The van der Waals surface area contributed by atoms with Crippen LogP contribution in [0.15, 0.2) is 47.5 Å². The molecular weight excluding hydrogens is 360 g/mol. The summed E-state index contributed by atoms with van der Waals surface area (Å²) in [5, 5.41) is 0. The highest BCUT2D eigenvalue weighted by Gasteiger charge is 2.26. The van der Waals surface area contributed by atoms with Gasteiger partial charge >= 0.3 is 0 Å². The molecule has 158 valence electrons. The van der Waals surface area contributed by atoms with E-state index in [2.05, 4.69) is 90.1 Å². The Bertz CT molecular complexity index is 902. The molecule has 0 radical (unpaired) electrons. The molecule has 0 nitrogen and oxygen atoms in total. The standard InChI is InChI=1S/C30H38/c1-19(2)23-13-9-15-27-25(21(5)17-29(23)27)11-7-8-12-26-22(6)18-30-24(20(3)4)14-10-16-28(26)30/h9-10,13-20,25-26H,7-8,11-12H2,1-6H3. The Balaban J connectivity index is 1.40. The Morgan fingerprint density at radius 2 is 1.03 bits per heavy atom. The number of allylic oxidation sites excluding steroid dienone is 2. The molecule has 0 bridgehead atoms. The van der Waals surface area contributed by atoms with Crippen LogP contribution in [0.5, 0.6) is 0 Å². The van der Waals surface area contributed by atoms with Gasteiger partial charge in [-0.1, -0.05) is 100 Å². The predicted octanol–water partition coefficient (Wildman–Crippen LogP) is 9.20. The molecule has 0 heteroatoms. The molecule has 2 unspecified atom stereocenters. The van der Waals surface area contributed by atoms with E-state index in [1.165, 1.54) is 47.9 Å². The Morgan fingerprint density at radius 3 is 1.40 bits per heavy atom. The molecule has 0 amide bonds. The first-order chi connectivity index (χ1) is 14.4. The third-order valence-electron chi connectivity index (χ3n) is 7.42. The van der Waals surface area contributed by atoms with Crippen LogP contribution < -0.4 is 0 Å². The van der Waals surface area contributed by atoms with Crippen molar-refractivity contribution in [2.75, 3.05) is 0 Å². The monoisotopic (exact) mass is 398 g/mol. The van der Waals surface area contributed by atoms with Gasteiger partial charge in [0.15, 0.2) is 0 Å². The molecule has 30 heavy (non-hydrogen) atoms. The van der Waals surface area contributed by atoms with Gasteiger partial charge in [-0.25, -0.2) is 0 Å². The molecule has 2 aromatic carbocycles. The van der Waals surface area contributed by atoms with Crippen molar-refractivity contribution in [3.8, 4) is 0 Å². The first kappa shape index (κ1) is 21.2. The van der Waals surface area contributed by atoms with Gasteiger partial charge in [0.1, 0.15) is 0 Å². The van der Waals surface area contributed by atoms with Crippen molar-refractivity contribution in [3.63, 3.8) is 0 Å². The van der Waals surface area contributed by atoms with Crippen molar-refractivity contribution in [1.29, 1.82) is 0 Å². The number of hydrogen-bond donors (Lipinski definition) is 0. The van der Waals surface area contributed by atoms with Gasteiger partial charge in [-0.2, -0.15) is 0 Å². The third kappa shape index (κ3) is 3.82. The summed E-state index contributed by atoms with van der Waals surface area (Å²) < 4.78 is 0. The highest BCUT2D eigenvalue weighted by atomic mass is 14.3. The summed E-state index contributed by atoms with van der Waals surface area (Å²) in [6, 6.07) is 13.9. The van der Waals surface area contributed by atoms with E-state index in [1.54, 1.807) is 22.3 Å². The maximum Gasteiger partial charge on any atom is 0.00547 e. The lowest BCUT2D eigenvalue weighted by molar-refractivity contribution is 0.574. The van der Waals surface area contributed by atoms with E-state index >= 15 is 0 Å². The summed E-state index contributed by atoms with van der Waals surface area (Å²) in [5.41, 5.74) is 12.3. The minimum Gasteiger partial charge on any atom is -0.0652 e. The minimum atomic E-state index is 0.593. The van der Waals surface area contributed by atoms with Crippen molar-refractivity contribution in [3.05, 3.63) is 80.9 Å². The van der Waals surface area contributed by atoms with Gasteiger partial charge < -0.3 is 0 Å². The number of fused-ring (bicyclic) bond motifs is 2. The molecule has 0 spiro atoms.